The Morgan fingerprint density at radius 1 is 0.938 bits per heavy atom. The van der Waals surface area contributed by atoms with Gasteiger partial charge in [0.2, 0.25) is 0 Å². The van der Waals surface area contributed by atoms with Crippen molar-refractivity contribution in [1.29, 1.82) is 0 Å². The molecule has 0 saturated carbocycles. The van der Waals surface area contributed by atoms with Crippen LogP contribution in [0, 0.1) is 6.92 Å². The van der Waals surface area contributed by atoms with Gasteiger partial charge in [0.05, 0.1) is 6.61 Å². The summed E-state index contributed by atoms with van der Waals surface area (Å²) >= 11 is 0. The number of nitrogens with zero attached hydrogens (tertiary/aromatic N) is 2. The van der Waals surface area contributed by atoms with Crippen LogP contribution in [0.4, 0.5) is 0 Å². The molecule has 0 amide bonds. The van der Waals surface area contributed by atoms with Crippen LogP contribution in [-0.4, -0.2) is 61.4 Å². The van der Waals surface area contributed by atoms with E-state index >= 15 is 0 Å². The van der Waals surface area contributed by atoms with Gasteiger partial charge in [0.1, 0.15) is 36.3 Å². The number of benzene rings is 2. The quantitative estimate of drug-likeness (QED) is 0.458. The number of rotatable bonds is 6. The number of aliphatic hydroxyl groups is 4. The first-order valence-corrected chi connectivity index (χ1v) is 10.4. The lowest BCUT2D eigenvalue weighted by Gasteiger charge is -2.40. The Bertz CT molecular complexity index is 1030. The molecule has 5 atom stereocenters. The third kappa shape index (κ3) is 4.79. The molecule has 2 aromatic carbocycles. The van der Waals surface area contributed by atoms with Crippen molar-refractivity contribution in [3.05, 3.63) is 83.2 Å². The Hall–Kier alpha value is -2.88. The molecule has 0 spiro atoms. The van der Waals surface area contributed by atoms with Crippen LogP contribution in [0.1, 0.15) is 28.4 Å². The van der Waals surface area contributed by atoms with E-state index in [1.807, 2.05) is 49.4 Å². The minimum Gasteiger partial charge on any atom is -0.424 e. The van der Waals surface area contributed by atoms with Gasteiger partial charge in [0, 0.05) is 12.4 Å². The molecule has 1 fully saturated rings. The van der Waals surface area contributed by atoms with Crippen molar-refractivity contribution in [1.82, 2.24) is 9.97 Å². The van der Waals surface area contributed by atoms with Crippen molar-refractivity contribution < 1.29 is 29.9 Å². The number of aromatic nitrogens is 2. The molecule has 32 heavy (non-hydrogen) atoms. The average Bonchev–Trinajstić information content (AvgIpc) is 2.81. The molecule has 1 aliphatic heterocycles. The lowest BCUT2D eigenvalue weighted by atomic mass is 9.89. The van der Waals surface area contributed by atoms with Crippen LogP contribution in [0.3, 0.4) is 0 Å². The Morgan fingerprint density at radius 3 is 2.34 bits per heavy atom. The fourth-order valence-corrected chi connectivity index (χ4v) is 3.77. The number of aryl methyl sites for hydroxylation is 1. The Labute approximate surface area is 185 Å². The van der Waals surface area contributed by atoms with Gasteiger partial charge in [-0.3, -0.25) is 0 Å². The van der Waals surface area contributed by atoms with Gasteiger partial charge < -0.3 is 29.9 Å². The summed E-state index contributed by atoms with van der Waals surface area (Å²) in [5, 5.41) is 40.0. The molecule has 1 aliphatic rings. The van der Waals surface area contributed by atoms with Crippen LogP contribution in [-0.2, 0) is 11.2 Å². The van der Waals surface area contributed by atoms with E-state index in [1.54, 1.807) is 18.5 Å². The maximum Gasteiger partial charge on any atom is 0.321 e. The van der Waals surface area contributed by atoms with E-state index in [0.717, 1.165) is 16.7 Å². The standard InChI is InChI=1S/C24H26N2O6/c1-14-3-6-16(23-22(30)21(29)20(28)19(13-27)32-23)12-17(14)11-15-4-7-18(8-5-15)31-24-25-9-2-10-26-24/h2-10,12,19-23,27-30H,11,13H2,1H3/t19-,20-,21?,22-,23+/m1/s1. The van der Waals surface area contributed by atoms with Gasteiger partial charge >= 0.3 is 6.01 Å². The molecule has 1 aromatic heterocycles. The third-order valence-electron chi connectivity index (χ3n) is 5.66. The Morgan fingerprint density at radius 2 is 1.66 bits per heavy atom. The third-order valence-corrected chi connectivity index (χ3v) is 5.66. The molecule has 3 aromatic rings. The van der Waals surface area contributed by atoms with Crippen molar-refractivity contribution in [2.45, 2.75) is 43.9 Å². The van der Waals surface area contributed by atoms with E-state index in [2.05, 4.69) is 9.97 Å². The average molecular weight is 438 g/mol. The predicted octanol–water partition coefficient (Wildman–Crippen LogP) is 1.68. The monoisotopic (exact) mass is 438 g/mol. The van der Waals surface area contributed by atoms with Crippen molar-refractivity contribution >= 4 is 0 Å². The zero-order valence-electron chi connectivity index (χ0n) is 17.6. The molecule has 168 valence electrons. The van der Waals surface area contributed by atoms with Gasteiger partial charge in [-0.1, -0.05) is 30.3 Å². The van der Waals surface area contributed by atoms with E-state index in [-0.39, 0.29) is 6.01 Å². The summed E-state index contributed by atoms with van der Waals surface area (Å²) < 4.78 is 11.3. The fraction of sp³-hybridized carbons (Fsp3) is 0.333. The van der Waals surface area contributed by atoms with Crippen LogP contribution in [0.2, 0.25) is 0 Å². The highest BCUT2D eigenvalue weighted by Gasteiger charge is 2.43. The topological polar surface area (TPSA) is 125 Å². The van der Waals surface area contributed by atoms with Crippen molar-refractivity contribution in [2.24, 2.45) is 0 Å². The van der Waals surface area contributed by atoms with Gasteiger partial charge in [-0.05, 0) is 53.8 Å². The summed E-state index contributed by atoms with van der Waals surface area (Å²) in [6.45, 7) is 1.54. The molecule has 1 saturated heterocycles. The minimum atomic E-state index is -1.41. The van der Waals surface area contributed by atoms with Crippen molar-refractivity contribution in [3.63, 3.8) is 0 Å². The molecule has 0 aliphatic carbocycles. The Balaban J connectivity index is 1.50. The summed E-state index contributed by atoms with van der Waals surface area (Å²) in [5.74, 6) is 0.631. The SMILES string of the molecule is Cc1ccc([C@@H]2O[C@H](CO)[C@@H](O)C(O)[C@H]2O)cc1Cc1ccc(Oc2ncccn2)cc1. The van der Waals surface area contributed by atoms with E-state index < -0.39 is 37.1 Å². The van der Waals surface area contributed by atoms with Crippen molar-refractivity contribution in [3.8, 4) is 11.8 Å². The predicted molar refractivity (Wildman–Crippen MR) is 115 cm³/mol. The molecular formula is C24H26N2O6. The molecule has 8 heteroatoms. The van der Waals surface area contributed by atoms with Gasteiger partial charge in [-0.25, -0.2) is 9.97 Å². The number of aliphatic hydroxyl groups excluding tert-OH is 4. The fourth-order valence-electron chi connectivity index (χ4n) is 3.77. The first-order valence-electron chi connectivity index (χ1n) is 10.4. The molecule has 4 N–H and O–H groups in total. The molecule has 0 bridgehead atoms. The molecule has 4 rings (SSSR count). The lowest BCUT2D eigenvalue weighted by molar-refractivity contribution is -0.231. The summed E-state index contributed by atoms with van der Waals surface area (Å²) in [7, 11) is 0. The zero-order chi connectivity index (χ0) is 22.7. The largest absolute Gasteiger partial charge is 0.424 e. The molecular weight excluding hydrogens is 412 g/mol. The normalized spacial score (nSPS) is 25.5. The lowest BCUT2D eigenvalue weighted by Crippen LogP contribution is -2.55. The minimum absolute atomic E-state index is 0.281. The Kier molecular flexibility index (Phi) is 6.78. The molecule has 8 nitrogen and oxygen atoms in total. The van der Waals surface area contributed by atoms with Crippen LogP contribution < -0.4 is 4.74 Å². The van der Waals surface area contributed by atoms with E-state index in [9.17, 15) is 20.4 Å². The summed E-state index contributed by atoms with van der Waals surface area (Å²) in [6.07, 6.45) is -2.02. The van der Waals surface area contributed by atoms with Crippen LogP contribution in [0.25, 0.3) is 0 Å². The van der Waals surface area contributed by atoms with Gasteiger partial charge in [0.15, 0.2) is 0 Å². The van der Waals surface area contributed by atoms with Gasteiger partial charge in [-0.15, -0.1) is 0 Å². The summed E-state index contributed by atoms with van der Waals surface area (Å²) in [4.78, 5) is 8.09. The van der Waals surface area contributed by atoms with E-state index in [0.29, 0.717) is 17.7 Å². The number of ether oxygens (including phenoxy) is 2. The number of hydrogen-bond donors (Lipinski definition) is 4. The van der Waals surface area contributed by atoms with Crippen molar-refractivity contribution in [2.75, 3.05) is 6.61 Å². The van der Waals surface area contributed by atoms with Gasteiger partial charge in [-0.2, -0.15) is 0 Å². The zero-order valence-corrected chi connectivity index (χ0v) is 17.6. The second kappa shape index (κ2) is 9.72. The molecule has 2 heterocycles. The highest BCUT2D eigenvalue weighted by Crippen LogP contribution is 2.33. The first-order chi connectivity index (χ1) is 15.5. The summed E-state index contributed by atoms with van der Waals surface area (Å²) in [5.41, 5.74) is 3.82. The second-order valence-corrected chi connectivity index (χ2v) is 7.89. The highest BCUT2D eigenvalue weighted by molar-refractivity contribution is 5.38. The van der Waals surface area contributed by atoms with E-state index in [4.69, 9.17) is 9.47 Å². The maximum absolute atomic E-state index is 10.4. The number of hydrogen-bond acceptors (Lipinski definition) is 8. The van der Waals surface area contributed by atoms with E-state index in [1.165, 1.54) is 0 Å². The summed E-state index contributed by atoms with van der Waals surface area (Å²) in [6, 6.07) is 15.3. The smallest absolute Gasteiger partial charge is 0.321 e. The second-order valence-electron chi connectivity index (χ2n) is 7.89. The highest BCUT2D eigenvalue weighted by atomic mass is 16.5. The first kappa shape index (κ1) is 22.3. The van der Waals surface area contributed by atoms with Gasteiger partial charge in [0.25, 0.3) is 0 Å². The van der Waals surface area contributed by atoms with Crippen LogP contribution in [0.15, 0.2) is 60.9 Å². The maximum atomic E-state index is 10.4. The molecule has 0 radical (unpaired) electrons. The van der Waals surface area contributed by atoms with Crippen LogP contribution >= 0.6 is 0 Å². The van der Waals surface area contributed by atoms with Crippen LogP contribution in [0.5, 0.6) is 11.8 Å². The molecule has 1 unspecified atom stereocenters.